The predicted octanol–water partition coefficient (Wildman–Crippen LogP) is 1.25. The van der Waals surface area contributed by atoms with Crippen LogP contribution in [0.1, 0.15) is 24.9 Å². The molecule has 0 radical (unpaired) electrons. The van der Waals surface area contributed by atoms with Gasteiger partial charge in [0.2, 0.25) is 0 Å². The second-order valence-corrected chi connectivity index (χ2v) is 4.00. The Bertz CT molecular complexity index is 534. The highest BCUT2D eigenvalue weighted by Gasteiger charge is 2.12. The molecule has 88 valence electrons. The summed E-state index contributed by atoms with van der Waals surface area (Å²) in [7, 11) is 0. The molecule has 0 unspecified atom stereocenters. The number of aromatic nitrogens is 4. The van der Waals surface area contributed by atoms with Crippen molar-refractivity contribution in [3.05, 3.63) is 36.3 Å². The minimum Gasteiger partial charge on any atom is -0.388 e. The summed E-state index contributed by atoms with van der Waals surface area (Å²) in [5, 5.41) is 0. The molecule has 0 saturated heterocycles. The van der Waals surface area contributed by atoms with Crippen molar-refractivity contribution in [1.29, 1.82) is 0 Å². The van der Waals surface area contributed by atoms with E-state index in [0.29, 0.717) is 11.5 Å². The molecule has 0 bridgehead atoms. The van der Waals surface area contributed by atoms with Gasteiger partial charge in [-0.15, -0.1) is 0 Å². The number of thiocarbonyl (C=S) groups is 1. The highest BCUT2D eigenvalue weighted by molar-refractivity contribution is 7.80. The Hall–Kier alpha value is -1.82. The van der Waals surface area contributed by atoms with Gasteiger partial charge in [-0.2, -0.15) is 0 Å². The molecule has 2 aromatic heterocycles. The van der Waals surface area contributed by atoms with Gasteiger partial charge in [-0.1, -0.05) is 19.1 Å². The zero-order valence-electron chi connectivity index (χ0n) is 9.50. The largest absolute Gasteiger partial charge is 0.388 e. The third-order valence-corrected chi connectivity index (χ3v) is 2.52. The van der Waals surface area contributed by atoms with Gasteiger partial charge < -0.3 is 5.73 Å². The Kier molecular flexibility index (Phi) is 3.43. The number of hydrogen-bond donors (Lipinski definition) is 1. The minimum atomic E-state index is 0.240. The van der Waals surface area contributed by atoms with Gasteiger partial charge in [0.05, 0.1) is 0 Å². The quantitative estimate of drug-likeness (QED) is 0.823. The SMILES string of the molecule is CCCc1nccn1-c1nccnc1C(N)=S. The van der Waals surface area contributed by atoms with Gasteiger partial charge in [0, 0.05) is 31.2 Å². The van der Waals surface area contributed by atoms with E-state index in [4.69, 9.17) is 18.0 Å². The summed E-state index contributed by atoms with van der Waals surface area (Å²) in [6, 6.07) is 0. The molecule has 0 aliphatic heterocycles. The summed E-state index contributed by atoms with van der Waals surface area (Å²) in [6.45, 7) is 2.10. The van der Waals surface area contributed by atoms with E-state index in [0.717, 1.165) is 18.7 Å². The molecule has 0 amide bonds. The van der Waals surface area contributed by atoms with E-state index in [9.17, 15) is 0 Å². The smallest absolute Gasteiger partial charge is 0.167 e. The summed E-state index contributed by atoms with van der Waals surface area (Å²) in [4.78, 5) is 13.0. The molecule has 2 heterocycles. The molecule has 0 spiro atoms. The molecule has 2 rings (SSSR count). The van der Waals surface area contributed by atoms with Crippen LogP contribution in [0, 0.1) is 0 Å². The van der Waals surface area contributed by atoms with Crippen LogP contribution in [0.15, 0.2) is 24.8 Å². The Labute approximate surface area is 105 Å². The first-order chi connectivity index (χ1) is 8.24. The van der Waals surface area contributed by atoms with Crippen LogP contribution in [-0.4, -0.2) is 24.5 Å². The maximum atomic E-state index is 5.64. The van der Waals surface area contributed by atoms with Crippen LogP contribution < -0.4 is 5.73 Å². The summed E-state index contributed by atoms with van der Waals surface area (Å²) >= 11 is 4.97. The van der Waals surface area contributed by atoms with Crippen molar-refractivity contribution in [2.45, 2.75) is 19.8 Å². The topological polar surface area (TPSA) is 69.6 Å². The lowest BCUT2D eigenvalue weighted by molar-refractivity contribution is 0.794. The lowest BCUT2D eigenvalue weighted by atomic mass is 10.3. The molecule has 0 aliphatic carbocycles. The van der Waals surface area contributed by atoms with Gasteiger partial charge in [-0.3, -0.25) is 4.57 Å². The molecule has 5 nitrogen and oxygen atoms in total. The number of rotatable bonds is 4. The van der Waals surface area contributed by atoms with Crippen molar-refractivity contribution < 1.29 is 0 Å². The molecule has 0 fully saturated rings. The maximum Gasteiger partial charge on any atom is 0.167 e. The van der Waals surface area contributed by atoms with Crippen molar-refractivity contribution in [1.82, 2.24) is 19.5 Å². The Morgan fingerprint density at radius 1 is 1.29 bits per heavy atom. The zero-order valence-corrected chi connectivity index (χ0v) is 10.3. The van der Waals surface area contributed by atoms with Crippen molar-refractivity contribution in [3.8, 4) is 5.82 Å². The number of nitrogens with zero attached hydrogens (tertiary/aromatic N) is 4. The first-order valence-electron chi connectivity index (χ1n) is 5.37. The molecule has 6 heteroatoms. The second kappa shape index (κ2) is 5.01. The number of hydrogen-bond acceptors (Lipinski definition) is 4. The molecule has 0 saturated carbocycles. The van der Waals surface area contributed by atoms with E-state index in [1.807, 2.05) is 10.8 Å². The van der Waals surface area contributed by atoms with Gasteiger partial charge in [0.15, 0.2) is 5.82 Å². The maximum absolute atomic E-state index is 5.64. The molecular weight excluding hydrogens is 234 g/mol. The highest BCUT2D eigenvalue weighted by Crippen LogP contribution is 2.12. The summed E-state index contributed by atoms with van der Waals surface area (Å²) in [5.41, 5.74) is 6.17. The van der Waals surface area contributed by atoms with Crippen molar-refractivity contribution in [2.24, 2.45) is 5.73 Å². The monoisotopic (exact) mass is 247 g/mol. The van der Waals surface area contributed by atoms with Gasteiger partial charge in [-0.25, -0.2) is 15.0 Å². The normalized spacial score (nSPS) is 10.4. The van der Waals surface area contributed by atoms with Crippen LogP contribution in [-0.2, 0) is 6.42 Å². The molecule has 0 aliphatic rings. The van der Waals surface area contributed by atoms with Crippen LogP contribution >= 0.6 is 12.2 Å². The van der Waals surface area contributed by atoms with E-state index in [1.54, 1.807) is 18.6 Å². The summed E-state index contributed by atoms with van der Waals surface area (Å²) < 4.78 is 1.88. The second-order valence-electron chi connectivity index (χ2n) is 3.56. The molecule has 2 aromatic rings. The third kappa shape index (κ3) is 2.31. The third-order valence-electron chi connectivity index (χ3n) is 2.33. The first-order valence-corrected chi connectivity index (χ1v) is 5.78. The fourth-order valence-corrected chi connectivity index (χ4v) is 1.76. The first kappa shape index (κ1) is 11.7. The lowest BCUT2D eigenvalue weighted by Crippen LogP contribution is -2.17. The van der Waals surface area contributed by atoms with Crippen LogP contribution in [0.2, 0.25) is 0 Å². The van der Waals surface area contributed by atoms with Gasteiger partial charge in [0.25, 0.3) is 0 Å². The summed E-state index contributed by atoms with van der Waals surface area (Å²) in [6.07, 6.45) is 8.67. The van der Waals surface area contributed by atoms with Crippen molar-refractivity contribution >= 4 is 17.2 Å². The minimum absolute atomic E-state index is 0.240. The number of imidazole rings is 1. The lowest BCUT2D eigenvalue weighted by Gasteiger charge is -2.09. The fourth-order valence-electron chi connectivity index (χ4n) is 1.62. The molecule has 17 heavy (non-hydrogen) atoms. The Balaban J connectivity index is 2.52. The summed E-state index contributed by atoms with van der Waals surface area (Å²) in [5.74, 6) is 1.58. The number of aryl methyl sites for hydroxylation is 1. The van der Waals surface area contributed by atoms with Crippen molar-refractivity contribution in [2.75, 3.05) is 0 Å². The molecule has 0 aromatic carbocycles. The van der Waals surface area contributed by atoms with Gasteiger partial charge in [-0.05, 0) is 6.42 Å². The van der Waals surface area contributed by atoms with Crippen LogP contribution in [0.25, 0.3) is 5.82 Å². The van der Waals surface area contributed by atoms with E-state index in [2.05, 4.69) is 21.9 Å². The fraction of sp³-hybridized carbons (Fsp3) is 0.273. The van der Waals surface area contributed by atoms with Crippen molar-refractivity contribution in [3.63, 3.8) is 0 Å². The van der Waals surface area contributed by atoms with E-state index in [-0.39, 0.29) is 4.99 Å². The molecule has 0 atom stereocenters. The van der Waals surface area contributed by atoms with E-state index >= 15 is 0 Å². The standard InChI is InChI=1S/C11H13N5S/c1-2-3-8-13-6-7-16(8)11-9(10(12)17)14-4-5-15-11/h4-7H,2-3H2,1H3,(H2,12,17). The number of nitrogens with two attached hydrogens (primary N) is 1. The van der Waals surface area contributed by atoms with Crippen LogP contribution in [0.5, 0.6) is 0 Å². The van der Waals surface area contributed by atoms with Gasteiger partial charge >= 0.3 is 0 Å². The van der Waals surface area contributed by atoms with Crippen LogP contribution in [0.3, 0.4) is 0 Å². The average Bonchev–Trinajstić information content (AvgIpc) is 2.77. The highest BCUT2D eigenvalue weighted by atomic mass is 32.1. The molecular formula is C11H13N5S. The predicted molar refractivity (Wildman–Crippen MR) is 69.0 cm³/mol. The Morgan fingerprint density at radius 3 is 2.76 bits per heavy atom. The van der Waals surface area contributed by atoms with E-state index in [1.165, 1.54) is 0 Å². The van der Waals surface area contributed by atoms with Crippen LogP contribution in [0.4, 0.5) is 0 Å². The molecule has 2 N–H and O–H groups in total. The van der Waals surface area contributed by atoms with Gasteiger partial charge in [0.1, 0.15) is 16.5 Å². The van der Waals surface area contributed by atoms with E-state index < -0.39 is 0 Å². The zero-order chi connectivity index (χ0) is 12.3. The average molecular weight is 247 g/mol. The Morgan fingerprint density at radius 2 is 2.06 bits per heavy atom.